The fourth-order valence-electron chi connectivity index (χ4n) is 2.50. The number of aryl methyl sites for hydroxylation is 1. The molecule has 2 N–H and O–H groups in total. The maximum absolute atomic E-state index is 13.3. The van der Waals surface area contributed by atoms with Crippen LogP contribution < -0.4 is 20.1 Å². The van der Waals surface area contributed by atoms with Gasteiger partial charge in [-0.1, -0.05) is 24.3 Å². The standard InChI is InChI=1S/C19H24FN3O2/c1-13-10-14(8-9-16(13)20)11-22-19(21-2)23-12-15-6-5-7-17(24-3)18(15)25-4/h5-10H,11-12H2,1-4H3,(H2,21,22,23). The highest BCUT2D eigenvalue weighted by molar-refractivity contribution is 5.79. The summed E-state index contributed by atoms with van der Waals surface area (Å²) in [6.45, 7) is 2.83. The largest absolute Gasteiger partial charge is 0.493 e. The number of hydrogen-bond acceptors (Lipinski definition) is 3. The Morgan fingerprint density at radius 1 is 1.08 bits per heavy atom. The number of rotatable bonds is 6. The molecule has 0 aliphatic carbocycles. The van der Waals surface area contributed by atoms with Gasteiger partial charge in [0, 0.05) is 25.7 Å². The number of aliphatic imine (C=N–C) groups is 1. The molecule has 0 radical (unpaired) electrons. The summed E-state index contributed by atoms with van der Waals surface area (Å²) < 4.78 is 24.1. The molecule has 0 bridgehead atoms. The van der Waals surface area contributed by atoms with Crippen LogP contribution in [0.15, 0.2) is 41.4 Å². The first-order chi connectivity index (χ1) is 12.1. The van der Waals surface area contributed by atoms with Crippen molar-refractivity contribution in [3.63, 3.8) is 0 Å². The van der Waals surface area contributed by atoms with E-state index in [1.54, 1.807) is 34.3 Å². The van der Waals surface area contributed by atoms with Gasteiger partial charge >= 0.3 is 0 Å². The first-order valence-electron chi connectivity index (χ1n) is 7.98. The summed E-state index contributed by atoms with van der Waals surface area (Å²) in [5, 5.41) is 6.45. The van der Waals surface area contributed by atoms with Crippen LogP contribution in [-0.4, -0.2) is 27.2 Å². The second-order valence-corrected chi connectivity index (χ2v) is 5.52. The number of benzene rings is 2. The number of nitrogens with one attached hydrogen (secondary N) is 2. The van der Waals surface area contributed by atoms with Crippen LogP contribution in [0.25, 0.3) is 0 Å². The molecule has 0 heterocycles. The van der Waals surface area contributed by atoms with Crippen LogP contribution in [-0.2, 0) is 13.1 Å². The third kappa shape index (κ3) is 4.86. The van der Waals surface area contributed by atoms with Crippen LogP contribution in [0.5, 0.6) is 11.5 Å². The molecule has 0 saturated carbocycles. The van der Waals surface area contributed by atoms with E-state index >= 15 is 0 Å². The first-order valence-corrected chi connectivity index (χ1v) is 7.98. The van der Waals surface area contributed by atoms with Gasteiger partial charge in [-0.2, -0.15) is 0 Å². The van der Waals surface area contributed by atoms with Crippen LogP contribution in [0, 0.1) is 12.7 Å². The van der Waals surface area contributed by atoms with Crippen molar-refractivity contribution in [2.75, 3.05) is 21.3 Å². The van der Waals surface area contributed by atoms with Gasteiger partial charge in [0.15, 0.2) is 17.5 Å². The molecule has 0 amide bonds. The molecule has 0 spiro atoms. The maximum atomic E-state index is 13.3. The highest BCUT2D eigenvalue weighted by Crippen LogP contribution is 2.30. The minimum Gasteiger partial charge on any atom is -0.493 e. The highest BCUT2D eigenvalue weighted by Gasteiger charge is 2.10. The molecule has 2 aromatic carbocycles. The summed E-state index contributed by atoms with van der Waals surface area (Å²) in [6, 6.07) is 10.8. The van der Waals surface area contributed by atoms with E-state index in [1.807, 2.05) is 24.3 Å². The number of guanidine groups is 1. The number of nitrogens with zero attached hydrogens (tertiary/aromatic N) is 1. The van der Waals surface area contributed by atoms with E-state index in [0.29, 0.717) is 36.1 Å². The molecule has 2 aromatic rings. The molecule has 0 aliphatic rings. The third-order valence-corrected chi connectivity index (χ3v) is 3.84. The molecule has 134 valence electrons. The molecule has 5 nitrogen and oxygen atoms in total. The van der Waals surface area contributed by atoms with Gasteiger partial charge in [0.05, 0.1) is 14.2 Å². The second kappa shape index (κ2) is 8.92. The average molecular weight is 345 g/mol. The van der Waals surface area contributed by atoms with Crippen molar-refractivity contribution in [3.8, 4) is 11.5 Å². The fourth-order valence-corrected chi connectivity index (χ4v) is 2.50. The molecule has 6 heteroatoms. The van der Waals surface area contributed by atoms with Gasteiger partial charge in [-0.05, 0) is 30.2 Å². The third-order valence-electron chi connectivity index (χ3n) is 3.84. The van der Waals surface area contributed by atoms with E-state index in [1.165, 1.54) is 6.07 Å². The van der Waals surface area contributed by atoms with Crippen molar-refractivity contribution >= 4 is 5.96 Å². The molecule has 0 saturated heterocycles. The molecule has 25 heavy (non-hydrogen) atoms. The SMILES string of the molecule is CN=C(NCc1ccc(F)c(C)c1)NCc1cccc(OC)c1OC. The zero-order valence-corrected chi connectivity index (χ0v) is 15.0. The van der Waals surface area contributed by atoms with Crippen LogP contribution >= 0.6 is 0 Å². The zero-order valence-electron chi connectivity index (χ0n) is 15.0. The summed E-state index contributed by atoms with van der Waals surface area (Å²) in [6.07, 6.45) is 0. The number of halogens is 1. The van der Waals surface area contributed by atoms with Crippen molar-refractivity contribution in [2.24, 2.45) is 4.99 Å². The maximum Gasteiger partial charge on any atom is 0.191 e. The van der Waals surface area contributed by atoms with E-state index in [0.717, 1.165) is 11.1 Å². The Labute approximate surface area is 147 Å². The first kappa shape index (κ1) is 18.6. The Bertz CT molecular complexity index is 747. The predicted molar refractivity (Wildman–Crippen MR) is 97.7 cm³/mol. The quantitative estimate of drug-likeness (QED) is 0.624. The van der Waals surface area contributed by atoms with Gasteiger partial charge in [-0.3, -0.25) is 4.99 Å². The minimum atomic E-state index is -0.198. The van der Waals surface area contributed by atoms with Gasteiger partial charge < -0.3 is 20.1 Å². The lowest BCUT2D eigenvalue weighted by Gasteiger charge is -2.15. The van der Waals surface area contributed by atoms with Gasteiger partial charge in [0.2, 0.25) is 0 Å². The summed E-state index contributed by atoms with van der Waals surface area (Å²) in [7, 11) is 4.93. The Morgan fingerprint density at radius 2 is 1.84 bits per heavy atom. The topological polar surface area (TPSA) is 54.9 Å². The number of hydrogen-bond donors (Lipinski definition) is 2. The number of para-hydroxylation sites is 1. The lowest BCUT2D eigenvalue weighted by atomic mass is 10.1. The monoisotopic (exact) mass is 345 g/mol. The molecule has 0 fully saturated rings. The Balaban J connectivity index is 1.98. The summed E-state index contributed by atoms with van der Waals surface area (Å²) in [5.41, 5.74) is 2.58. The fraction of sp³-hybridized carbons (Fsp3) is 0.316. The van der Waals surface area contributed by atoms with E-state index in [2.05, 4.69) is 15.6 Å². The molecular formula is C19H24FN3O2. The lowest BCUT2D eigenvalue weighted by molar-refractivity contribution is 0.351. The summed E-state index contributed by atoms with van der Waals surface area (Å²) >= 11 is 0. The van der Waals surface area contributed by atoms with Gasteiger partial charge in [0.1, 0.15) is 5.82 Å². The minimum absolute atomic E-state index is 0.198. The van der Waals surface area contributed by atoms with Crippen LogP contribution in [0.4, 0.5) is 4.39 Å². The van der Waals surface area contributed by atoms with E-state index in [-0.39, 0.29) is 5.82 Å². The van der Waals surface area contributed by atoms with Gasteiger partial charge in [-0.15, -0.1) is 0 Å². The van der Waals surface area contributed by atoms with Crippen LogP contribution in [0.3, 0.4) is 0 Å². The molecule has 2 rings (SSSR count). The predicted octanol–water partition coefficient (Wildman–Crippen LogP) is 3.02. The number of ether oxygens (including phenoxy) is 2. The molecule has 0 atom stereocenters. The molecule has 0 aromatic heterocycles. The normalized spacial score (nSPS) is 11.2. The van der Waals surface area contributed by atoms with Crippen molar-refractivity contribution in [1.82, 2.24) is 10.6 Å². The Hall–Kier alpha value is -2.76. The van der Waals surface area contributed by atoms with E-state index < -0.39 is 0 Å². The van der Waals surface area contributed by atoms with Crippen molar-refractivity contribution in [1.29, 1.82) is 0 Å². The summed E-state index contributed by atoms with van der Waals surface area (Å²) in [5.74, 6) is 1.83. The van der Waals surface area contributed by atoms with E-state index in [9.17, 15) is 4.39 Å². The van der Waals surface area contributed by atoms with Crippen LogP contribution in [0.2, 0.25) is 0 Å². The van der Waals surface area contributed by atoms with Crippen molar-refractivity contribution in [3.05, 3.63) is 58.9 Å². The summed E-state index contributed by atoms with van der Waals surface area (Å²) in [4.78, 5) is 4.20. The van der Waals surface area contributed by atoms with Gasteiger partial charge in [-0.25, -0.2) is 4.39 Å². The highest BCUT2D eigenvalue weighted by atomic mass is 19.1. The number of methoxy groups -OCH3 is 2. The molecular weight excluding hydrogens is 321 g/mol. The second-order valence-electron chi connectivity index (χ2n) is 5.52. The average Bonchev–Trinajstić information content (AvgIpc) is 2.64. The van der Waals surface area contributed by atoms with Crippen molar-refractivity contribution in [2.45, 2.75) is 20.0 Å². The van der Waals surface area contributed by atoms with Gasteiger partial charge in [0.25, 0.3) is 0 Å². The Kier molecular flexibility index (Phi) is 6.62. The Morgan fingerprint density at radius 3 is 2.48 bits per heavy atom. The molecule has 0 unspecified atom stereocenters. The molecule has 0 aliphatic heterocycles. The lowest BCUT2D eigenvalue weighted by Crippen LogP contribution is -2.36. The smallest absolute Gasteiger partial charge is 0.191 e. The van der Waals surface area contributed by atoms with E-state index in [4.69, 9.17) is 9.47 Å². The van der Waals surface area contributed by atoms with Crippen molar-refractivity contribution < 1.29 is 13.9 Å². The van der Waals surface area contributed by atoms with Crippen LogP contribution in [0.1, 0.15) is 16.7 Å². The zero-order chi connectivity index (χ0) is 18.2.